The first-order valence-electron chi connectivity index (χ1n) is 11.4. The maximum absolute atomic E-state index is 5.37. The molecule has 1 spiro atoms. The minimum absolute atomic E-state index is 0.0353. The molecule has 0 unspecified atom stereocenters. The van der Waals surface area contributed by atoms with Gasteiger partial charge in [0.1, 0.15) is 0 Å². The molecule has 32 heavy (non-hydrogen) atoms. The molecule has 0 saturated carbocycles. The number of hydrogen-bond donors (Lipinski definition) is 0. The Labute approximate surface area is 191 Å². The first-order chi connectivity index (χ1) is 15.3. The number of benzene rings is 2. The van der Waals surface area contributed by atoms with Crippen molar-refractivity contribution in [2.45, 2.75) is 32.7 Å². The van der Waals surface area contributed by atoms with Crippen LogP contribution < -0.4 is 9.80 Å². The molecule has 3 heterocycles. The number of nitrogens with zero attached hydrogens (tertiary/aromatic N) is 4. The van der Waals surface area contributed by atoms with Crippen LogP contribution in [-0.2, 0) is 16.7 Å². The zero-order valence-electron chi connectivity index (χ0n) is 19.5. The van der Waals surface area contributed by atoms with E-state index >= 15 is 0 Å². The van der Waals surface area contributed by atoms with Crippen LogP contribution in [0.25, 0.3) is 0 Å². The smallest absolute Gasteiger partial charge is 0.225 e. The van der Waals surface area contributed by atoms with Crippen molar-refractivity contribution in [3.05, 3.63) is 83.2 Å². The van der Waals surface area contributed by atoms with Crippen molar-refractivity contribution >= 4 is 11.6 Å². The lowest BCUT2D eigenvalue weighted by Crippen LogP contribution is -2.66. The Morgan fingerprint density at radius 3 is 2.19 bits per heavy atom. The molecule has 5 heteroatoms. The van der Waals surface area contributed by atoms with E-state index in [1.165, 1.54) is 22.4 Å². The maximum atomic E-state index is 5.37. The summed E-state index contributed by atoms with van der Waals surface area (Å²) in [5.41, 5.74) is 6.49. The summed E-state index contributed by atoms with van der Waals surface area (Å²) >= 11 is 0. The van der Waals surface area contributed by atoms with Crippen LogP contribution in [-0.4, -0.2) is 43.3 Å². The molecule has 2 aliphatic rings. The van der Waals surface area contributed by atoms with Crippen molar-refractivity contribution in [1.29, 1.82) is 0 Å². The molecule has 2 aromatic carbocycles. The summed E-state index contributed by atoms with van der Waals surface area (Å²) in [6.45, 7) is 11.2. The van der Waals surface area contributed by atoms with Crippen molar-refractivity contribution in [1.82, 2.24) is 9.97 Å². The third-order valence-corrected chi connectivity index (χ3v) is 7.05. The van der Waals surface area contributed by atoms with E-state index in [0.29, 0.717) is 5.41 Å². The van der Waals surface area contributed by atoms with E-state index in [4.69, 9.17) is 9.72 Å². The maximum Gasteiger partial charge on any atom is 0.225 e. The SMILES string of the molecule is Cc1ccc(C(C)(C)c2ccc(N(C)Cc3ccnc(N4CC5(COC5)C4)n3)cc2)cc1. The van der Waals surface area contributed by atoms with Gasteiger partial charge in [-0.05, 0) is 36.2 Å². The van der Waals surface area contributed by atoms with E-state index in [1.807, 2.05) is 12.3 Å². The van der Waals surface area contributed by atoms with Gasteiger partial charge in [-0.2, -0.15) is 0 Å². The molecule has 1 aromatic heterocycles. The van der Waals surface area contributed by atoms with E-state index in [1.54, 1.807) is 0 Å². The Hall–Kier alpha value is -2.92. The molecule has 2 fully saturated rings. The Balaban J connectivity index is 1.26. The highest BCUT2D eigenvalue weighted by Gasteiger charge is 2.49. The summed E-state index contributed by atoms with van der Waals surface area (Å²) in [5, 5.41) is 0. The summed E-state index contributed by atoms with van der Waals surface area (Å²) in [4.78, 5) is 13.8. The molecule has 0 aliphatic carbocycles. The van der Waals surface area contributed by atoms with E-state index in [0.717, 1.165) is 44.5 Å². The van der Waals surface area contributed by atoms with Crippen LogP contribution >= 0.6 is 0 Å². The van der Waals surface area contributed by atoms with Crippen LogP contribution in [0.4, 0.5) is 11.6 Å². The number of hydrogen-bond acceptors (Lipinski definition) is 5. The molecular weight excluding hydrogens is 396 g/mol. The average Bonchev–Trinajstić information content (AvgIpc) is 2.72. The largest absolute Gasteiger partial charge is 0.380 e. The molecule has 2 aliphatic heterocycles. The van der Waals surface area contributed by atoms with E-state index in [2.05, 4.69) is 91.1 Å². The fourth-order valence-electron chi connectivity index (χ4n) is 4.71. The monoisotopic (exact) mass is 428 g/mol. The third-order valence-electron chi connectivity index (χ3n) is 7.05. The minimum Gasteiger partial charge on any atom is -0.380 e. The topological polar surface area (TPSA) is 41.5 Å². The van der Waals surface area contributed by atoms with Gasteiger partial charge in [0.2, 0.25) is 5.95 Å². The highest BCUT2D eigenvalue weighted by atomic mass is 16.5. The number of anilines is 2. The first kappa shape index (κ1) is 21.0. The second-order valence-corrected chi connectivity index (χ2v) is 10.1. The molecule has 0 atom stereocenters. The van der Waals surface area contributed by atoms with Crippen LogP contribution in [0.3, 0.4) is 0 Å². The molecule has 0 bridgehead atoms. The summed E-state index contributed by atoms with van der Waals surface area (Å²) in [6.07, 6.45) is 1.88. The lowest BCUT2D eigenvalue weighted by atomic mass is 9.78. The zero-order chi connectivity index (χ0) is 22.3. The molecule has 166 valence electrons. The Bertz CT molecular complexity index is 1080. The summed E-state index contributed by atoms with van der Waals surface area (Å²) in [5.74, 6) is 0.837. The Kier molecular flexibility index (Phi) is 5.17. The summed E-state index contributed by atoms with van der Waals surface area (Å²) in [6, 6.07) is 19.8. The van der Waals surface area contributed by atoms with Gasteiger partial charge in [0.15, 0.2) is 0 Å². The van der Waals surface area contributed by atoms with Crippen LogP contribution in [0, 0.1) is 12.3 Å². The normalized spacial score (nSPS) is 17.1. The molecule has 5 nitrogen and oxygen atoms in total. The van der Waals surface area contributed by atoms with E-state index in [-0.39, 0.29) is 5.41 Å². The van der Waals surface area contributed by atoms with Gasteiger partial charge >= 0.3 is 0 Å². The summed E-state index contributed by atoms with van der Waals surface area (Å²) in [7, 11) is 2.12. The highest BCUT2D eigenvalue weighted by Crippen LogP contribution is 2.39. The van der Waals surface area contributed by atoms with Crippen molar-refractivity contribution in [3.8, 4) is 0 Å². The Morgan fingerprint density at radius 1 is 0.969 bits per heavy atom. The second-order valence-electron chi connectivity index (χ2n) is 10.1. The lowest BCUT2D eigenvalue weighted by molar-refractivity contribution is -0.127. The molecule has 3 aromatic rings. The number of aromatic nitrogens is 2. The van der Waals surface area contributed by atoms with Gasteiger partial charge in [0.05, 0.1) is 30.9 Å². The van der Waals surface area contributed by atoms with Gasteiger partial charge in [-0.25, -0.2) is 9.97 Å². The molecule has 0 N–H and O–H groups in total. The van der Waals surface area contributed by atoms with E-state index < -0.39 is 0 Å². The number of rotatable bonds is 6. The van der Waals surface area contributed by atoms with Crippen molar-refractivity contribution in [2.24, 2.45) is 5.41 Å². The predicted octanol–water partition coefficient (Wildman–Crippen LogP) is 4.58. The fourth-order valence-corrected chi connectivity index (χ4v) is 4.71. The average molecular weight is 429 g/mol. The third kappa shape index (κ3) is 3.86. The first-order valence-corrected chi connectivity index (χ1v) is 11.4. The standard InChI is InChI=1S/C27H32N4O/c1-20-5-7-21(8-6-20)26(2,3)22-9-11-24(12-10-22)30(4)15-23-13-14-28-25(29-23)31-16-27(17-31)18-32-19-27/h5-14H,15-19H2,1-4H3. The predicted molar refractivity (Wildman–Crippen MR) is 129 cm³/mol. The van der Waals surface area contributed by atoms with Gasteiger partial charge in [-0.1, -0.05) is 55.8 Å². The van der Waals surface area contributed by atoms with Gasteiger partial charge in [-0.15, -0.1) is 0 Å². The zero-order valence-corrected chi connectivity index (χ0v) is 19.5. The molecule has 2 saturated heterocycles. The van der Waals surface area contributed by atoms with Gasteiger partial charge in [0.25, 0.3) is 0 Å². The Morgan fingerprint density at radius 2 is 1.59 bits per heavy atom. The van der Waals surface area contributed by atoms with E-state index in [9.17, 15) is 0 Å². The van der Waals surface area contributed by atoms with Crippen LogP contribution in [0.15, 0.2) is 60.8 Å². The van der Waals surface area contributed by atoms with Crippen LogP contribution in [0.1, 0.15) is 36.2 Å². The van der Waals surface area contributed by atoms with Crippen molar-refractivity contribution < 1.29 is 4.74 Å². The number of ether oxygens (including phenoxy) is 1. The molecule has 0 radical (unpaired) electrons. The van der Waals surface area contributed by atoms with Gasteiger partial charge in [0, 0.05) is 37.4 Å². The van der Waals surface area contributed by atoms with Crippen molar-refractivity contribution in [2.75, 3.05) is 43.2 Å². The van der Waals surface area contributed by atoms with Gasteiger partial charge in [-0.3, -0.25) is 0 Å². The lowest BCUT2D eigenvalue weighted by Gasteiger charge is -2.54. The quantitative estimate of drug-likeness (QED) is 0.575. The summed E-state index contributed by atoms with van der Waals surface area (Å²) < 4.78 is 5.37. The van der Waals surface area contributed by atoms with Crippen LogP contribution in [0.5, 0.6) is 0 Å². The van der Waals surface area contributed by atoms with Gasteiger partial charge < -0.3 is 14.5 Å². The minimum atomic E-state index is -0.0353. The molecule has 5 rings (SSSR count). The highest BCUT2D eigenvalue weighted by molar-refractivity contribution is 5.50. The second kappa shape index (κ2) is 7.89. The molecule has 0 amide bonds. The molecular formula is C27H32N4O. The number of aryl methyl sites for hydroxylation is 1. The van der Waals surface area contributed by atoms with Crippen LogP contribution in [0.2, 0.25) is 0 Å². The fraction of sp³-hybridized carbons (Fsp3) is 0.407. The van der Waals surface area contributed by atoms with Crippen molar-refractivity contribution in [3.63, 3.8) is 0 Å².